The van der Waals surface area contributed by atoms with Crippen LogP contribution < -0.4 is 20.1 Å². The number of nitrogens with zero attached hydrogens (tertiary/aromatic N) is 3. The van der Waals surface area contributed by atoms with Gasteiger partial charge in [0.1, 0.15) is 18.5 Å². The molecule has 0 spiro atoms. The van der Waals surface area contributed by atoms with Crippen molar-refractivity contribution in [2.75, 3.05) is 20.2 Å². The highest BCUT2D eigenvalue weighted by molar-refractivity contribution is 5.79. The maximum absolute atomic E-state index is 5.93. The Bertz CT molecular complexity index is 905. The van der Waals surface area contributed by atoms with Crippen LogP contribution in [0.25, 0.3) is 11.6 Å². The second-order valence-corrected chi connectivity index (χ2v) is 5.89. The highest BCUT2D eigenvalue weighted by Crippen LogP contribution is 2.30. The van der Waals surface area contributed by atoms with Crippen molar-refractivity contribution in [1.82, 2.24) is 25.8 Å². The van der Waals surface area contributed by atoms with Crippen molar-refractivity contribution < 1.29 is 13.9 Å². The number of aromatic amines is 1. The van der Waals surface area contributed by atoms with Gasteiger partial charge < -0.3 is 24.5 Å². The number of furan rings is 1. The van der Waals surface area contributed by atoms with Gasteiger partial charge in [0.2, 0.25) is 5.82 Å². The zero-order valence-corrected chi connectivity index (χ0v) is 14.8. The van der Waals surface area contributed by atoms with Gasteiger partial charge in [-0.2, -0.15) is 0 Å². The average Bonchev–Trinajstić information content (AvgIpc) is 3.40. The molecule has 0 bridgehead atoms. The molecule has 140 valence electrons. The second kappa shape index (κ2) is 7.81. The lowest BCUT2D eigenvalue weighted by molar-refractivity contribution is 0.0936. The molecule has 3 N–H and O–H groups in total. The molecule has 0 aliphatic carbocycles. The minimum Gasteiger partial charge on any atom is -0.486 e. The Morgan fingerprint density at radius 1 is 1.22 bits per heavy atom. The van der Waals surface area contributed by atoms with Crippen molar-refractivity contribution >= 4 is 5.96 Å². The van der Waals surface area contributed by atoms with Crippen LogP contribution in [0.3, 0.4) is 0 Å². The van der Waals surface area contributed by atoms with Crippen LogP contribution in [-0.2, 0) is 6.54 Å². The van der Waals surface area contributed by atoms with Crippen LogP contribution in [-0.4, -0.2) is 47.4 Å². The molecule has 0 radical (unpaired) electrons. The first-order valence-electron chi connectivity index (χ1n) is 8.60. The number of hydrogen-bond donors (Lipinski definition) is 3. The van der Waals surface area contributed by atoms with E-state index < -0.39 is 0 Å². The van der Waals surface area contributed by atoms with Gasteiger partial charge in [0.05, 0.1) is 19.4 Å². The average molecular weight is 368 g/mol. The number of rotatable bonds is 5. The number of ether oxygens (including phenoxy) is 2. The van der Waals surface area contributed by atoms with Gasteiger partial charge in [-0.25, -0.2) is 4.98 Å². The number of guanidine groups is 1. The monoisotopic (exact) mass is 368 g/mol. The van der Waals surface area contributed by atoms with Gasteiger partial charge in [0, 0.05) is 7.05 Å². The van der Waals surface area contributed by atoms with Gasteiger partial charge in [-0.05, 0) is 24.3 Å². The van der Waals surface area contributed by atoms with E-state index in [4.69, 9.17) is 13.9 Å². The van der Waals surface area contributed by atoms with Crippen LogP contribution >= 0.6 is 0 Å². The minimum absolute atomic E-state index is 0.103. The summed E-state index contributed by atoms with van der Waals surface area (Å²) in [6.07, 6.45) is 1.49. The molecule has 1 aromatic carbocycles. The highest BCUT2D eigenvalue weighted by atomic mass is 16.6. The van der Waals surface area contributed by atoms with E-state index in [-0.39, 0.29) is 6.10 Å². The number of H-pyrrole nitrogens is 1. The van der Waals surface area contributed by atoms with Gasteiger partial charge in [0.25, 0.3) is 0 Å². The first kappa shape index (κ1) is 17.0. The third kappa shape index (κ3) is 4.02. The summed E-state index contributed by atoms with van der Waals surface area (Å²) in [4.78, 5) is 8.59. The molecular formula is C18H20N6O3. The molecule has 9 heteroatoms. The van der Waals surface area contributed by atoms with Gasteiger partial charge in [-0.15, -0.1) is 5.10 Å². The van der Waals surface area contributed by atoms with Gasteiger partial charge in [0.15, 0.2) is 23.2 Å². The standard InChI is InChI=1S/C18H20N6O3/c1-19-18(20-9-12-11-26-13-5-2-3-6-14(13)27-12)21-10-16-22-17(24-23-16)15-7-4-8-25-15/h2-8,12H,9-11H2,1H3,(H2,19,20,21)(H,22,23,24). The van der Waals surface area contributed by atoms with Crippen LogP contribution in [0.15, 0.2) is 52.1 Å². The summed E-state index contributed by atoms with van der Waals surface area (Å²) in [5.74, 6) is 3.98. The zero-order chi connectivity index (χ0) is 18.5. The summed E-state index contributed by atoms with van der Waals surface area (Å²) < 4.78 is 16.9. The summed E-state index contributed by atoms with van der Waals surface area (Å²) >= 11 is 0. The second-order valence-electron chi connectivity index (χ2n) is 5.89. The Morgan fingerprint density at radius 3 is 2.93 bits per heavy atom. The van der Waals surface area contributed by atoms with Gasteiger partial charge >= 0.3 is 0 Å². The zero-order valence-electron chi connectivity index (χ0n) is 14.8. The number of benzene rings is 1. The van der Waals surface area contributed by atoms with Crippen LogP contribution in [0.1, 0.15) is 5.82 Å². The molecule has 0 saturated heterocycles. The molecule has 1 aliphatic rings. The van der Waals surface area contributed by atoms with Gasteiger partial charge in [-0.3, -0.25) is 10.1 Å². The fraction of sp³-hybridized carbons (Fsp3) is 0.278. The van der Waals surface area contributed by atoms with Crippen LogP contribution in [0, 0.1) is 0 Å². The number of aliphatic imine (C=N–C) groups is 1. The topological polar surface area (TPSA) is 110 Å². The summed E-state index contributed by atoms with van der Waals surface area (Å²) in [5, 5.41) is 13.4. The number of fused-ring (bicyclic) bond motifs is 1. The number of hydrogen-bond acceptors (Lipinski definition) is 6. The molecule has 1 aliphatic heterocycles. The predicted molar refractivity (Wildman–Crippen MR) is 98.6 cm³/mol. The molecule has 4 rings (SSSR count). The number of nitrogens with one attached hydrogen (secondary N) is 3. The fourth-order valence-electron chi connectivity index (χ4n) is 2.65. The van der Waals surface area contributed by atoms with Crippen molar-refractivity contribution in [2.24, 2.45) is 4.99 Å². The summed E-state index contributed by atoms with van der Waals surface area (Å²) in [5.41, 5.74) is 0. The Balaban J connectivity index is 1.27. The summed E-state index contributed by atoms with van der Waals surface area (Å²) in [6.45, 7) is 1.48. The maximum atomic E-state index is 5.93. The number of para-hydroxylation sites is 2. The van der Waals surface area contributed by atoms with E-state index in [1.807, 2.05) is 30.3 Å². The maximum Gasteiger partial charge on any atom is 0.216 e. The lowest BCUT2D eigenvalue weighted by atomic mass is 10.2. The molecule has 3 aromatic rings. The first-order chi connectivity index (χ1) is 13.3. The van der Waals surface area contributed by atoms with Crippen molar-refractivity contribution in [3.8, 4) is 23.1 Å². The molecule has 2 aromatic heterocycles. The summed E-state index contributed by atoms with van der Waals surface area (Å²) in [7, 11) is 1.71. The minimum atomic E-state index is -0.103. The molecule has 0 fully saturated rings. The smallest absolute Gasteiger partial charge is 0.216 e. The van der Waals surface area contributed by atoms with Crippen LogP contribution in [0.5, 0.6) is 11.5 Å². The molecule has 9 nitrogen and oxygen atoms in total. The molecule has 1 unspecified atom stereocenters. The van der Waals surface area contributed by atoms with E-state index >= 15 is 0 Å². The normalized spacial score (nSPS) is 16.2. The first-order valence-corrected chi connectivity index (χ1v) is 8.60. The lowest BCUT2D eigenvalue weighted by Crippen LogP contribution is -2.45. The predicted octanol–water partition coefficient (Wildman–Crippen LogP) is 1.57. The van der Waals surface area contributed by atoms with Crippen molar-refractivity contribution in [2.45, 2.75) is 12.6 Å². The van der Waals surface area contributed by atoms with E-state index in [9.17, 15) is 0 Å². The van der Waals surface area contributed by atoms with Crippen LogP contribution in [0.2, 0.25) is 0 Å². The Kier molecular flexibility index (Phi) is 4.91. The Hall–Kier alpha value is -3.49. The molecule has 0 saturated carbocycles. The molecule has 27 heavy (non-hydrogen) atoms. The molecular weight excluding hydrogens is 348 g/mol. The summed E-state index contributed by atoms with van der Waals surface area (Å²) in [6, 6.07) is 11.2. The quantitative estimate of drug-likeness (QED) is 0.463. The Labute approximate surface area is 155 Å². The van der Waals surface area contributed by atoms with E-state index in [2.05, 4.69) is 30.8 Å². The SMILES string of the molecule is CN=C(NCc1nc(-c2ccco2)n[nH]1)NCC1COc2ccccc2O1. The molecule has 1 atom stereocenters. The highest BCUT2D eigenvalue weighted by Gasteiger charge is 2.20. The lowest BCUT2D eigenvalue weighted by Gasteiger charge is -2.27. The van der Waals surface area contributed by atoms with E-state index in [1.165, 1.54) is 0 Å². The fourth-order valence-corrected chi connectivity index (χ4v) is 2.65. The van der Waals surface area contributed by atoms with Crippen molar-refractivity contribution in [1.29, 1.82) is 0 Å². The third-order valence-electron chi connectivity index (χ3n) is 3.98. The van der Waals surface area contributed by atoms with E-state index in [0.717, 1.165) is 11.5 Å². The Morgan fingerprint density at radius 2 is 2.11 bits per heavy atom. The van der Waals surface area contributed by atoms with Crippen molar-refractivity contribution in [3.05, 3.63) is 48.5 Å². The van der Waals surface area contributed by atoms with Crippen molar-refractivity contribution in [3.63, 3.8) is 0 Å². The molecule has 3 heterocycles. The molecule has 0 amide bonds. The van der Waals surface area contributed by atoms with Gasteiger partial charge in [-0.1, -0.05) is 12.1 Å². The van der Waals surface area contributed by atoms with E-state index in [1.54, 1.807) is 19.4 Å². The van der Waals surface area contributed by atoms with Crippen LogP contribution in [0.4, 0.5) is 0 Å². The number of aromatic nitrogens is 3. The largest absolute Gasteiger partial charge is 0.486 e. The van der Waals surface area contributed by atoms with E-state index in [0.29, 0.717) is 43.1 Å². The third-order valence-corrected chi connectivity index (χ3v) is 3.98.